The predicted molar refractivity (Wildman–Crippen MR) is 76.4 cm³/mol. The smallest absolute Gasteiger partial charge is 0.269 e. The number of sulfonamides is 1. The third kappa shape index (κ3) is 2.61. The van der Waals surface area contributed by atoms with Gasteiger partial charge in [-0.2, -0.15) is 0 Å². The van der Waals surface area contributed by atoms with Crippen molar-refractivity contribution in [1.82, 2.24) is 14.9 Å². The lowest BCUT2D eigenvalue weighted by molar-refractivity contribution is -0.120. The van der Waals surface area contributed by atoms with Crippen LogP contribution in [-0.4, -0.2) is 24.5 Å². The van der Waals surface area contributed by atoms with Crippen LogP contribution >= 0.6 is 0 Å². The maximum Gasteiger partial charge on any atom is 0.269 e. The van der Waals surface area contributed by atoms with Crippen LogP contribution in [0.1, 0.15) is 29.4 Å². The number of nitrogens with zero attached hydrogens (tertiary/aromatic N) is 2. The molecular weight excluding hydrogens is 306 g/mol. The van der Waals surface area contributed by atoms with E-state index in [4.69, 9.17) is 4.52 Å². The van der Waals surface area contributed by atoms with E-state index in [2.05, 4.69) is 14.9 Å². The van der Waals surface area contributed by atoms with Crippen molar-refractivity contribution in [2.24, 2.45) is 5.92 Å². The van der Waals surface area contributed by atoms with Crippen LogP contribution < -0.4 is 4.72 Å². The largest absolute Gasteiger partial charge is 0.360 e. The average Bonchev–Trinajstić information content (AvgIpc) is 3.19. The number of rotatable bonds is 4. The first-order valence-corrected chi connectivity index (χ1v) is 8.28. The van der Waals surface area contributed by atoms with Gasteiger partial charge in [-0.3, -0.25) is 9.78 Å². The third-order valence-corrected chi connectivity index (χ3v) is 5.30. The number of hydrogen-bond donors (Lipinski definition) is 1. The van der Waals surface area contributed by atoms with E-state index >= 15 is 0 Å². The number of amides is 1. The zero-order valence-corrected chi connectivity index (χ0v) is 12.9. The van der Waals surface area contributed by atoms with Crippen molar-refractivity contribution in [3.05, 3.63) is 41.5 Å². The van der Waals surface area contributed by atoms with Crippen LogP contribution in [0.4, 0.5) is 0 Å². The fourth-order valence-electron chi connectivity index (χ4n) is 2.57. The topological polar surface area (TPSA) is 102 Å². The molecule has 2 aromatic rings. The van der Waals surface area contributed by atoms with E-state index < -0.39 is 15.9 Å². The Balaban J connectivity index is 1.73. The van der Waals surface area contributed by atoms with E-state index in [0.29, 0.717) is 6.42 Å². The van der Waals surface area contributed by atoms with Crippen LogP contribution in [0, 0.1) is 19.8 Å². The minimum atomic E-state index is -3.96. The number of hydrogen-bond acceptors (Lipinski definition) is 6. The van der Waals surface area contributed by atoms with Gasteiger partial charge < -0.3 is 4.52 Å². The van der Waals surface area contributed by atoms with Gasteiger partial charge in [-0.15, -0.1) is 0 Å². The first kappa shape index (κ1) is 14.7. The monoisotopic (exact) mass is 321 g/mol. The highest BCUT2D eigenvalue weighted by molar-refractivity contribution is 7.90. The minimum Gasteiger partial charge on any atom is -0.360 e. The first-order chi connectivity index (χ1) is 10.4. The summed E-state index contributed by atoms with van der Waals surface area (Å²) in [6, 6.07) is 3.68. The molecule has 8 heteroatoms. The van der Waals surface area contributed by atoms with Crippen LogP contribution in [0.15, 0.2) is 33.9 Å². The second-order valence-electron chi connectivity index (χ2n) is 5.36. The number of aromatic nitrogens is 2. The number of pyridine rings is 1. The van der Waals surface area contributed by atoms with E-state index in [1.165, 1.54) is 13.8 Å². The maximum atomic E-state index is 12.3. The van der Waals surface area contributed by atoms with Crippen LogP contribution in [0.5, 0.6) is 0 Å². The Labute approximate surface area is 127 Å². The van der Waals surface area contributed by atoms with Gasteiger partial charge in [0.05, 0.1) is 0 Å². The molecule has 0 aromatic carbocycles. The van der Waals surface area contributed by atoms with Crippen LogP contribution in [0.2, 0.25) is 0 Å². The van der Waals surface area contributed by atoms with Crippen LogP contribution in [-0.2, 0) is 14.8 Å². The highest BCUT2D eigenvalue weighted by atomic mass is 32.2. The summed E-state index contributed by atoms with van der Waals surface area (Å²) < 4.78 is 31.5. The molecule has 1 aliphatic carbocycles. The fourth-order valence-corrected chi connectivity index (χ4v) is 3.93. The third-order valence-electron chi connectivity index (χ3n) is 3.71. The minimum absolute atomic E-state index is 0.0218. The summed E-state index contributed by atoms with van der Waals surface area (Å²) in [7, 11) is -3.96. The normalized spacial score (nSPS) is 20.6. The van der Waals surface area contributed by atoms with E-state index in [1.807, 2.05) is 6.07 Å². The first-order valence-electron chi connectivity index (χ1n) is 6.79. The molecule has 1 fully saturated rings. The summed E-state index contributed by atoms with van der Waals surface area (Å²) in [6.07, 6.45) is 3.97. The Morgan fingerprint density at radius 3 is 2.77 bits per heavy atom. The molecule has 0 saturated heterocycles. The molecule has 0 radical (unpaired) electrons. The Kier molecular flexibility index (Phi) is 3.48. The number of carbonyl (C=O) groups excluding carboxylic acids is 1. The molecule has 3 rings (SSSR count). The van der Waals surface area contributed by atoms with Crippen molar-refractivity contribution in [2.75, 3.05) is 0 Å². The predicted octanol–water partition coefficient (Wildman–Crippen LogP) is 1.30. The average molecular weight is 321 g/mol. The second kappa shape index (κ2) is 5.20. The van der Waals surface area contributed by atoms with Gasteiger partial charge in [0.2, 0.25) is 5.91 Å². The Bertz CT molecular complexity index is 794. The standard InChI is InChI=1S/C14H15N3O4S/c1-8-13(9(2)21-16-8)22(19,20)17-14(18)12-6-11(12)10-4-3-5-15-7-10/h3-5,7,11-12H,6H2,1-2H3,(H,17,18)/t11-,12+/m1/s1. The molecule has 116 valence electrons. The lowest BCUT2D eigenvalue weighted by Crippen LogP contribution is -2.32. The second-order valence-corrected chi connectivity index (χ2v) is 6.98. The number of carbonyl (C=O) groups is 1. The van der Waals surface area contributed by atoms with Crippen molar-refractivity contribution < 1.29 is 17.7 Å². The lowest BCUT2D eigenvalue weighted by atomic mass is 10.1. The Morgan fingerprint density at radius 1 is 1.41 bits per heavy atom. The molecule has 0 unspecified atom stereocenters. The maximum absolute atomic E-state index is 12.3. The highest BCUT2D eigenvalue weighted by Gasteiger charge is 2.45. The van der Waals surface area contributed by atoms with E-state index in [-0.39, 0.29) is 28.2 Å². The van der Waals surface area contributed by atoms with Gasteiger partial charge in [-0.25, -0.2) is 13.1 Å². The van der Waals surface area contributed by atoms with Crippen LogP contribution in [0.3, 0.4) is 0 Å². The summed E-state index contributed by atoms with van der Waals surface area (Å²) >= 11 is 0. The SMILES string of the molecule is Cc1noc(C)c1S(=O)(=O)NC(=O)[C@H]1C[C@@H]1c1cccnc1. The molecule has 1 aliphatic rings. The van der Waals surface area contributed by atoms with E-state index in [0.717, 1.165) is 5.56 Å². The number of nitrogens with one attached hydrogen (secondary N) is 1. The lowest BCUT2D eigenvalue weighted by Gasteiger charge is -2.06. The molecular formula is C14H15N3O4S. The molecule has 0 aliphatic heterocycles. The van der Waals surface area contributed by atoms with Gasteiger partial charge in [0.25, 0.3) is 10.0 Å². The van der Waals surface area contributed by atoms with Gasteiger partial charge in [0, 0.05) is 18.3 Å². The molecule has 1 amide bonds. The quantitative estimate of drug-likeness (QED) is 0.910. The molecule has 7 nitrogen and oxygen atoms in total. The summed E-state index contributed by atoms with van der Waals surface area (Å²) in [6.45, 7) is 3.01. The Morgan fingerprint density at radius 2 is 2.18 bits per heavy atom. The van der Waals surface area contributed by atoms with Gasteiger partial charge in [0.15, 0.2) is 10.7 Å². The van der Waals surface area contributed by atoms with Crippen LogP contribution in [0.25, 0.3) is 0 Å². The molecule has 0 spiro atoms. The molecule has 1 N–H and O–H groups in total. The summed E-state index contributed by atoms with van der Waals surface area (Å²) in [4.78, 5) is 16.1. The summed E-state index contributed by atoms with van der Waals surface area (Å²) in [5, 5.41) is 3.60. The van der Waals surface area contributed by atoms with Crippen molar-refractivity contribution in [3.63, 3.8) is 0 Å². The van der Waals surface area contributed by atoms with E-state index in [9.17, 15) is 13.2 Å². The van der Waals surface area contributed by atoms with Crippen molar-refractivity contribution in [1.29, 1.82) is 0 Å². The van der Waals surface area contributed by atoms with Gasteiger partial charge in [0.1, 0.15) is 5.69 Å². The van der Waals surface area contributed by atoms with Gasteiger partial charge in [-0.1, -0.05) is 11.2 Å². The molecule has 2 aromatic heterocycles. The van der Waals surface area contributed by atoms with Crippen molar-refractivity contribution >= 4 is 15.9 Å². The summed E-state index contributed by atoms with van der Waals surface area (Å²) in [5.41, 5.74) is 1.18. The zero-order chi connectivity index (χ0) is 15.9. The number of aryl methyl sites for hydroxylation is 2. The molecule has 0 bridgehead atoms. The van der Waals surface area contributed by atoms with E-state index in [1.54, 1.807) is 18.5 Å². The molecule has 22 heavy (non-hydrogen) atoms. The Hall–Kier alpha value is -2.22. The highest BCUT2D eigenvalue weighted by Crippen LogP contribution is 2.47. The molecule has 1 saturated carbocycles. The molecule has 2 heterocycles. The zero-order valence-electron chi connectivity index (χ0n) is 12.1. The van der Waals surface area contributed by atoms with Gasteiger partial charge in [-0.05, 0) is 37.8 Å². The fraction of sp³-hybridized carbons (Fsp3) is 0.357. The molecule has 2 atom stereocenters. The van der Waals surface area contributed by atoms with Gasteiger partial charge >= 0.3 is 0 Å². The van der Waals surface area contributed by atoms with Crippen molar-refractivity contribution in [3.8, 4) is 0 Å². The summed E-state index contributed by atoms with van der Waals surface area (Å²) in [5.74, 6) is -0.667. The van der Waals surface area contributed by atoms with Crippen molar-refractivity contribution in [2.45, 2.75) is 31.1 Å².